The molecule has 1 heterocycles. The van der Waals surface area contributed by atoms with E-state index in [4.69, 9.17) is 0 Å². The van der Waals surface area contributed by atoms with E-state index in [9.17, 15) is 0 Å². The fourth-order valence-electron chi connectivity index (χ4n) is 2.09. The third-order valence-corrected chi connectivity index (χ3v) is 3.14. The van der Waals surface area contributed by atoms with Crippen molar-refractivity contribution >= 4 is 0 Å². The second-order valence-electron chi connectivity index (χ2n) is 4.23. The van der Waals surface area contributed by atoms with Crippen molar-refractivity contribution in [3.63, 3.8) is 0 Å². The highest BCUT2D eigenvalue weighted by molar-refractivity contribution is 4.99. The number of nitrogens with one attached hydrogen (secondary N) is 1. The second-order valence-corrected chi connectivity index (χ2v) is 4.23. The first-order valence-corrected chi connectivity index (χ1v) is 5.79. The van der Waals surface area contributed by atoms with E-state index in [1.807, 2.05) is 4.68 Å². The minimum atomic E-state index is 0.239. The molecular formula is C10H19N5. The Labute approximate surface area is 90.2 Å². The van der Waals surface area contributed by atoms with E-state index in [1.54, 1.807) is 0 Å². The third kappa shape index (κ3) is 2.02. The van der Waals surface area contributed by atoms with Crippen LogP contribution in [0.2, 0.25) is 0 Å². The molecule has 2 rings (SSSR count). The molecule has 0 amide bonds. The topological polar surface area (TPSA) is 55.6 Å². The fourth-order valence-corrected chi connectivity index (χ4v) is 2.09. The van der Waals surface area contributed by atoms with Gasteiger partial charge in [-0.1, -0.05) is 20.3 Å². The van der Waals surface area contributed by atoms with E-state index in [1.165, 1.54) is 12.8 Å². The van der Waals surface area contributed by atoms with Crippen molar-refractivity contribution in [2.45, 2.75) is 45.7 Å². The van der Waals surface area contributed by atoms with Crippen LogP contribution in [0.25, 0.3) is 0 Å². The van der Waals surface area contributed by atoms with Crippen LogP contribution in [0.15, 0.2) is 0 Å². The zero-order valence-electron chi connectivity index (χ0n) is 9.64. The average molecular weight is 209 g/mol. The summed E-state index contributed by atoms with van der Waals surface area (Å²) in [6.07, 6.45) is 2.45. The van der Waals surface area contributed by atoms with Gasteiger partial charge in [0.25, 0.3) is 0 Å². The Morgan fingerprint density at radius 2 is 2.33 bits per heavy atom. The first kappa shape index (κ1) is 10.5. The minimum Gasteiger partial charge on any atom is -0.308 e. The molecular weight excluding hydrogens is 190 g/mol. The van der Waals surface area contributed by atoms with Gasteiger partial charge in [-0.25, -0.2) is 4.68 Å². The molecule has 0 radical (unpaired) electrons. The molecule has 5 nitrogen and oxygen atoms in total. The van der Waals surface area contributed by atoms with Gasteiger partial charge in [0, 0.05) is 0 Å². The Balaban J connectivity index is 2.09. The van der Waals surface area contributed by atoms with Crippen molar-refractivity contribution in [3.8, 4) is 0 Å². The zero-order chi connectivity index (χ0) is 10.8. The summed E-state index contributed by atoms with van der Waals surface area (Å²) in [5.74, 6) is 1.75. The highest BCUT2D eigenvalue weighted by Gasteiger charge is 2.40. The van der Waals surface area contributed by atoms with E-state index >= 15 is 0 Å². The molecule has 3 atom stereocenters. The van der Waals surface area contributed by atoms with E-state index < -0.39 is 0 Å². The molecule has 1 aromatic heterocycles. The lowest BCUT2D eigenvalue weighted by Crippen LogP contribution is -2.22. The summed E-state index contributed by atoms with van der Waals surface area (Å²) in [7, 11) is 0. The summed E-state index contributed by atoms with van der Waals surface area (Å²) in [4.78, 5) is 0. The van der Waals surface area contributed by atoms with Crippen molar-refractivity contribution in [1.82, 2.24) is 25.5 Å². The Morgan fingerprint density at radius 1 is 1.53 bits per heavy atom. The molecule has 0 aromatic carbocycles. The summed E-state index contributed by atoms with van der Waals surface area (Å²) in [6, 6.07) is 0.782. The number of hydrogen-bond acceptors (Lipinski definition) is 4. The normalized spacial score (nSPS) is 26.6. The molecule has 5 heteroatoms. The van der Waals surface area contributed by atoms with Crippen molar-refractivity contribution in [2.75, 3.05) is 6.54 Å². The van der Waals surface area contributed by atoms with Crippen LogP contribution in [0.3, 0.4) is 0 Å². The standard InChI is InChI=1S/C10H19N5/c1-4-8-6-9(8)15-10(12-13-14-15)7(3)11-5-2/h7-9,11H,4-6H2,1-3H3. The number of aromatic nitrogens is 4. The third-order valence-electron chi connectivity index (χ3n) is 3.14. The van der Waals surface area contributed by atoms with Gasteiger partial charge in [-0.2, -0.15) is 0 Å². The van der Waals surface area contributed by atoms with Crippen LogP contribution >= 0.6 is 0 Å². The molecule has 1 fully saturated rings. The summed E-state index contributed by atoms with van der Waals surface area (Å²) in [5.41, 5.74) is 0. The molecule has 0 spiro atoms. The molecule has 0 aliphatic heterocycles. The van der Waals surface area contributed by atoms with Gasteiger partial charge in [0.1, 0.15) is 0 Å². The van der Waals surface area contributed by atoms with Gasteiger partial charge in [-0.3, -0.25) is 0 Å². The predicted molar refractivity (Wildman–Crippen MR) is 57.3 cm³/mol. The summed E-state index contributed by atoms with van der Waals surface area (Å²) in [6.45, 7) is 7.37. The molecule has 1 aliphatic rings. The largest absolute Gasteiger partial charge is 0.308 e. The molecule has 0 bridgehead atoms. The van der Waals surface area contributed by atoms with Gasteiger partial charge < -0.3 is 5.32 Å². The lowest BCUT2D eigenvalue weighted by Gasteiger charge is -2.11. The molecule has 1 aromatic rings. The van der Waals surface area contributed by atoms with Crippen molar-refractivity contribution in [3.05, 3.63) is 5.82 Å². The number of nitrogens with zero attached hydrogens (tertiary/aromatic N) is 4. The van der Waals surface area contributed by atoms with E-state index in [-0.39, 0.29) is 6.04 Å². The Morgan fingerprint density at radius 3 is 2.93 bits per heavy atom. The molecule has 1 aliphatic carbocycles. The monoisotopic (exact) mass is 209 g/mol. The maximum absolute atomic E-state index is 4.10. The maximum atomic E-state index is 4.10. The van der Waals surface area contributed by atoms with Gasteiger partial charge in [-0.05, 0) is 36.2 Å². The Bertz CT molecular complexity index is 305. The average Bonchev–Trinajstić information content (AvgIpc) is 2.86. The van der Waals surface area contributed by atoms with E-state index in [0.29, 0.717) is 6.04 Å². The molecule has 1 N–H and O–H groups in total. The second kappa shape index (κ2) is 4.26. The lowest BCUT2D eigenvalue weighted by atomic mass is 10.3. The van der Waals surface area contributed by atoms with Crippen LogP contribution in [0.4, 0.5) is 0 Å². The number of rotatable bonds is 5. The first-order chi connectivity index (χ1) is 7.27. The molecule has 3 unspecified atom stereocenters. The van der Waals surface area contributed by atoms with Crippen LogP contribution in [0.1, 0.15) is 51.5 Å². The number of hydrogen-bond donors (Lipinski definition) is 1. The summed E-state index contributed by atoms with van der Waals surface area (Å²) in [5, 5.41) is 15.3. The van der Waals surface area contributed by atoms with Crippen molar-refractivity contribution in [1.29, 1.82) is 0 Å². The van der Waals surface area contributed by atoms with Crippen LogP contribution in [0, 0.1) is 5.92 Å². The highest BCUT2D eigenvalue weighted by atomic mass is 15.6. The molecule has 1 saturated carbocycles. The van der Waals surface area contributed by atoms with Crippen LogP contribution in [0.5, 0.6) is 0 Å². The lowest BCUT2D eigenvalue weighted by molar-refractivity contribution is 0.483. The SMILES string of the molecule is CCNC(C)c1nnnn1C1CC1CC. The van der Waals surface area contributed by atoms with Crippen molar-refractivity contribution < 1.29 is 0 Å². The smallest absolute Gasteiger partial charge is 0.168 e. The zero-order valence-corrected chi connectivity index (χ0v) is 9.64. The predicted octanol–water partition coefficient (Wildman–Crippen LogP) is 1.31. The Hall–Kier alpha value is -0.970. The molecule has 0 saturated heterocycles. The van der Waals surface area contributed by atoms with E-state index in [2.05, 4.69) is 41.6 Å². The first-order valence-electron chi connectivity index (χ1n) is 5.79. The highest BCUT2D eigenvalue weighted by Crippen LogP contribution is 2.45. The van der Waals surface area contributed by atoms with Gasteiger partial charge in [0.2, 0.25) is 0 Å². The summed E-state index contributed by atoms with van der Waals surface area (Å²) < 4.78 is 2.00. The minimum absolute atomic E-state index is 0.239. The van der Waals surface area contributed by atoms with Crippen LogP contribution in [-0.4, -0.2) is 26.8 Å². The molecule has 15 heavy (non-hydrogen) atoms. The van der Waals surface area contributed by atoms with Crippen molar-refractivity contribution in [2.24, 2.45) is 5.92 Å². The van der Waals surface area contributed by atoms with E-state index in [0.717, 1.165) is 18.3 Å². The van der Waals surface area contributed by atoms with Crippen LogP contribution in [-0.2, 0) is 0 Å². The van der Waals surface area contributed by atoms with Gasteiger partial charge >= 0.3 is 0 Å². The van der Waals surface area contributed by atoms with Gasteiger partial charge in [0.05, 0.1) is 12.1 Å². The summed E-state index contributed by atoms with van der Waals surface area (Å²) >= 11 is 0. The quantitative estimate of drug-likeness (QED) is 0.794. The maximum Gasteiger partial charge on any atom is 0.168 e. The van der Waals surface area contributed by atoms with Crippen LogP contribution < -0.4 is 5.32 Å². The van der Waals surface area contributed by atoms with Gasteiger partial charge in [0.15, 0.2) is 5.82 Å². The molecule has 84 valence electrons. The fraction of sp³-hybridized carbons (Fsp3) is 0.900. The van der Waals surface area contributed by atoms with Gasteiger partial charge in [-0.15, -0.1) is 5.10 Å². The number of tetrazole rings is 1. The Kier molecular flexibility index (Phi) is 3.00.